The molecule has 0 aromatic heterocycles. The van der Waals surface area contributed by atoms with E-state index in [4.69, 9.17) is 0 Å². The van der Waals surface area contributed by atoms with E-state index in [1.165, 1.54) is 58.5 Å². The zero-order chi connectivity index (χ0) is 15.2. The average molecular weight is 297 g/mol. The van der Waals surface area contributed by atoms with Crippen LogP contribution in [0.4, 0.5) is 0 Å². The summed E-state index contributed by atoms with van der Waals surface area (Å²) in [5.74, 6) is 0.830. The summed E-state index contributed by atoms with van der Waals surface area (Å²) >= 11 is 0. The lowest BCUT2D eigenvalue weighted by Crippen LogP contribution is -2.55. The largest absolute Gasteiger partial charge is 0.312 e. The zero-order valence-electron chi connectivity index (χ0n) is 14.6. The lowest BCUT2D eigenvalue weighted by atomic mass is 9.91. The zero-order valence-corrected chi connectivity index (χ0v) is 14.6. The maximum atomic E-state index is 3.84. The van der Waals surface area contributed by atoms with E-state index in [1.807, 2.05) is 0 Å². The molecule has 4 nitrogen and oxygen atoms in total. The smallest absolute Gasteiger partial charge is 0.0345 e. The van der Waals surface area contributed by atoms with Crippen molar-refractivity contribution >= 4 is 0 Å². The Hall–Kier alpha value is -0.160. The molecule has 2 fully saturated rings. The van der Waals surface area contributed by atoms with E-state index >= 15 is 0 Å². The summed E-state index contributed by atoms with van der Waals surface area (Å²) in [6.45, 7) is 13.3. The van der Waals surface area contributed by atoms with Crippen molar-refractivity contribution in [2.24, 2.45) is 5.92 Å². The van der Waals surface area contributed by atoms with Crippen molar-refractivity contribution in [3.05, 3.63) is 0 Å². The first-order valence-corrected chi connectivity index (χ1v) is 8.94. The summed E-state index contributed by atoms with van der Waals surface area (Å²) in [6, 6.07) is 1.31. The molecule has 3 unspecified atom stereocenters. The highest BCUT2D eigenvalue weighted by Gasteiger charge is 2.26. The maximum absolute atomic E-state index is 3.84. The van der Waals surface area contributed by atoms with Gasteiger partial charge in [-0.15, -0.1) is 0 Å². The summed E-state index contributed by atoms with van der Waals surface area (Å²) < 4.78 is 0. The van der Waals surface area contributed by atoms with Crippen LogP contribution in [0.2, 0.25) is 0 Å². The van der Waals surface area contributed by atoms with Gasteiger partial charge in [-0.3, -0.25) is 4.90 Å². The number of likely N-dealkylation sites (tertiary alicyclic amines) is 1. The predicted molar refractivity (Wildman–Crippen MR) is 90.8 cm³/mol. The molecule has 3 atom stereocenters. The van der Waals surface area contributed by atoms with Gasteiger partial charge in [-0.05, 0) is 59.3 Å². The van der Waals surface area contributed by atoms with Gasteiger partial charge < -0.3 is 15.1 Å². The van der Waals surface area contributed by atoms with E-state index < -0.39 is 0 Å². The van der Waals surface area contributed by atoms with E-state index in [0.29, 0.717) is 12.1 Å². The van der Waals surface area contributed by atoms with Crippen molar-refractivity contribution in [2.75, 3.05) is 59.9 Å². The third-order valence-electron chi connectivity index (χ3n) is 5.44. The van der Waals surface area contributed by atoms with Crippen LogP contribution in [0.25, 0.3) is 0 Å². The van der Waals surface area contributed by atoms with Crippen LogP contribution in [0, 0.1) is 5.92 Å². The van der Waals surface area contributed by atoms with E-state index in [1.54, 1.807) is 0 Å². The second-order valence-corrected chi connectivity index (χ2v) is 7.30. The van der Waals surface area contributed by atoms with Crippen molar-refractivity contribution in [2.45, 2.75) is 45.2 Å². The number of hydrogen-bond donors (Lipinski definition) is 1. The monoisotopic (exact) mass is 296 g/mol. The Labute approximate surface area is 131 Å². The standard InChI is InChI=1S/C17H36N4/c1-5-8-21-9-6-7-16(13-21)15(2)18-12-17-14-19(3)10-11-20(17)4/h15-18H,5-14H2,1-4H3. The Morgan fingerprint density at radius 3 is 2.71 bits per heavy atom. The number of piperazine rings is 1. The van der Waals surface area contributed by atoms with Crippen LogP contribution in [-0.2, 0) is 0 Å². The Morgan fingerprint density at radius 2 is 1.95 bits per heavy atom. The molecule has 0 amide bonds. The molecule has 4 heteroatoms. The van der Waals surface area contributed by atoms with Crippen LogP contribution in [0.15, 0.2) is 0 Å². The van der Waals surface area contributed by atoms with Crippen molar-refractivity contribution < 1.29 is 0 Å². The van der Waals surface area contributed by atoms with Gasteiger partial charge in [-0.2, -0.15) is 0 Å². The molecule has 21 heavy (non-hydrogen) atoms. The quantitative estimate of drug-likeness (QED) is 0.798. The number of rotatable bonds is 6. The van der Waals surface area contributed by atoms with Gasteiger partial charge in [0.1, 0.15) is 0 Å². The second-order valence-electron chi connectivity index (χ2n) is 7.30. The van der Waals surface area contributed by atoms with E-state index in [2.05, 4.69) is 48.0 Å². The first-order valence-electron chi connectivity index (χ1n) is 8.94. The van der Waals surface area contributed by atoms with E-state index in [-0.39, 0.29) is 0 Å². The van der Waals surface area contributed by atoms with Gasteiger partial charge in [0.15, 0.2) is 0 Å². The Kier molecular flexibility index (Phi) is 6.93. The van der Waals surface area contributed by atoms with Gasteiger partial charge in [0.2, 0.25) is 0 Å². The van der Waals surface area contributed by atoms with Gasteiger partial charge in [-0.1, -0.05) is 6.92 Å². The number of nitrogens with one attached hydrogen (secondary N) is 1. The van der Waals surface area contributed by atoms with Gasteiger partial charge in [0.05, 0.1) is 0 Å². The highest BCUT2D eigenvalue weighted by molar-refractivity contribution is 4.85. The lowest BCUT2D eigenvalue weighted by molar-refractivity contribution is 0.103. The van der Waals surface area contributed by atoms with E-state index in [9.17, 15) is 0 Å². The van der Waals surface area contributed by atoms with Crippen LogP contribution >= 0.6 is 0 Å². The normalized spacial score (nSPS) is 31.4. The molecule has 0 aromatic carbocycles. The minimum atomic E-state index is 0.644. The van der Waals surface area contributed by atoms with Crippen molar-refractivity contribution in [1.29, 1.82) is 0 Å². The Bertz CT molecular complexity index is 295. The summed E-state index contributed by atoms with van der Waals surface area (Å²) in [6.07, 6.45) is 4.06. The average Bonchev–Trinajstić information content (AvgIpc) is 2.48. The molecule has 0 aromatic rings. The molecule has 2 rings (SSSR count). The number of likely N-dealkylation sites (N-methyl/N-ethyl adjacent to an activating group) is 2. The Balaban J connectivity index is 1.74. The minimum absolute atomic E-state index is 0.644. The fourth-order valence-corrected chi connectivity index (χ4v) is 3.83. The van der Waals surface area contributed by atoms with Crippen molar-refractivity contribution in [3.63, 3.8) is 0 Å². The number of nitrogens with zero attached hydrogens (tertiary/aromatic N) is 3. The minimum Gasteiger partial charge on any atom is -0.312 e. The predicted octanol–water partition coefficient (Wildman–Crippen LogP) is 1.33. The SMILES string of the molecule is CCCN1CCCC(C(C)NCC2CN(C)CCN2C)C1. The molecule has 2 aliphatic heterocycles. The fraction of sp³-hybridized carbons (Fsp3) is 1.00. The molecule has 0 spiro atoms. The molecular weight excluding hydrogens is 260 g/mol. The molecule has 1 N–H and O–H groups in total. The molecule has 2 heterocycles. The lowest BCUT2D eigenvalue weighted by Gasteiger charge is -2.40. The van der Waals surface area contributed by atoms with Gasteiger partial charge in [0.25, 0.3) is 0 Å². The van der Waals surface area contributed by atoms with E-state index in [0.717, 1.165) is 12.5 Å². The van der Waals surface area contributed by atoms with Gasteiger partial charge in [0, 0.05) is 44.8 Å². The molecular formula is C17H36N4. The molecule has 0 aliphatic carbocycles. The third kappa shape index (κ3) is 5.20. The fourth-order valence-electron chi connectivity index (χ4n) is 3.83. The number of piperidine rings is 1. The molecule has 2 saturated heterocycles. The highest BCUT2D eigenvalue weighted by atomic mass is 15.3. The van der Waals surface area contributed by atoms with Gasteiger partial charge >= 0.3 is 0 Å². The van der Waals surface area contributed by atoms with Crippen LogP contribution in [0.3, 0.4) is 0 Å². The highest BCUT2D eigenvalue weighted by Crippen LogP contribution is 2.20. The first kappa shape index (κ1) is 17.2. The Morgan fingerprint density at radius 1 is 1.14 bits per heavy atom. The van der Waals surface area contributed by atoms with Crippen LogP contribution in [0.1, 0.15) is 33.1 Å². The second kappa shape index (κ2) is 8.47. The first-order chi connectivity index (χ1) is 10.1. The molecule has 0 bridgehead atoms. The molecule has 124 valence electrons. The topological polar surface area (TPSA) is 21.8 Å². The molecule has 0 saturated carbocycles. The summed E-state index contributed by atoms with van der Waals surface area (Å²) in [7, 11) is 4.51. The van der Waals surface area contributed by atoms with Crippen LogP contribution in [0.5, 0.6) is 0 Å². The molecule has 2 aliphatic rings. The van der Waals surface area contributed by atoms with Gasteiger partial charge in [-0.25, -0.2) is 0 Å². The third-order valence-corrected chi connectivity index (χ3v) is 5.44. The number of hydrogen-bond acceptors (Lipinski definition) is 4. The summed E-state index contributed by atoms with van der Waals surface area (Å²) in [4.78, 5) is 7.64. The molecule has 0 radical (unpaired) electrons. The van der Waals surface area contributed by atoms with Crippen LogP contribution in [-0.4, -0.2) is 86.7 Å². The summed E-state index contributed by atoms with van der Waals surface area (Å²) in [5, 5.41) is 3.84. The van der Waals surface area contributed by atoms with Crippen LogP contribution < -0.4 is 5.32 Å². The van der Waals surface area contributed by atoms with Crippen molar-refractivity contribution in [3.8, 4) is 0 Å². The maximum Gasteiger partial charge on any atom is 0.0345 e. The van der Waals surface area contributed by atoms with Crippen molar-refractivity contribution in [1.82, 2.24) is 20.0 Å². The summed E-state index contributed by atoms with van der Waals surface area (Å²) in [5.41, 5.74) is 0.